The minimum Gasteiger partial charge on any atom is -0.479 e. The highest BCUT2D eigenvalue weighted by Gasteiger charge is 2.31. The Morgan fingerprint density at radius 1 is 0.588 bits per heavy atom. The van der Waals surface area contributed by atoms with Crippen molar-refractivity contribution in [1.29, 1.82) is 0 Å². The molecule has 0 saturated carbocycles. The standard InChI is InChI=1S/C20H20N2O7.C17H16N2O3/c23-16(17(24)19(26)27)18(25)21-10-22-20(28)29-9-15-13-7-3-1-5-11(13)12-6-2-4-8-14(12)15;18-16(20)9-19-17(21)22-10-15-13-7-3-1-5-11(13)12-6-2-4-8-14(12)15/h1-8,15-17,23-24H,9-10H2,(H,21,25)(H,22,28)(H,26,27);1-8,15H,9-10H2,(H2,18,20)(H,19,21)/t16-,17-;/m1./s1. The lowest BCUT2D eigenvalue weighted by Crippen LogP contribution is -2.48. The van der Waals surface area contributed by atoms with Gasteiger partial charge < -0.3 is 46.5 Å². The molecule has 0 spiro atoms. The number of carboxylic acids is 1. The smallest absolute Gasteiger partial charge is 0.408 e. The number of aliphatic hydroxyl groups excluding tert-OH is 2. The summed E-state index contributed by atoms with van der Waals surface area (Å²) in [5.74, 6) is -3.59. The molecule has 0 saturated heterocycles. The van der Waals surface area contributed by atoms with Gasteiger partial charge in [0, 0.05) is 11.8 Å². The lowest BCUT2D eigenvalue weighted by atomic mass is 9.98. The first-order chi connectivity index (χ1) is 24.6. The number of nitrogens with two attached hydrogens (primary N) is 1. The first kappa shape index (κ1) is 36.0. The van der Waals surface area contributed by atoms with E-state index in [0.717, 1.165) is 33.4 Å². The molecular formula is C37H36N4O10. The number of amides is 4. The number of carbonyl (C=O) groups excluding carboxylic acids is 4. The van der Waals surface area contributed by atoms with Gasteiger partial charge in [-0.25, -0.2) is 14.4 Å². The Hall–Kier alpha value is -6.25. The minimum atomic E-state index is -2.26. The van der Waals surface area contributed by atoms with Crippen LogP contribution in [0, 0.1) is 0 Å². The molecule has 0 bridgehead atoms. The van der Waals surface area contributed by atoms with E-state index in [1.54, 1.807) is 0 Å². The zero-order valence-electron chi connectivity index (χ0n) is 27.2. The van der Waals surface area contributed by atoms with Gasteiger partial charge >= 0.3 is 18.2 Å². The molecule has 0 fully saturated rings. The molecule has 2 atom stereocenters. The summed E-state index contributed by atoms with van der Waals surface area (Å²) in [6.45, 7) is -0.317. The van der Waals surface area contributed by atoms with Gasteiger partial charge in [0.05, 0.1) is 13.2 Å². The Bertz CT molecular complexity index is 1840. The first-order valence-electron chi connectivity index (χ1n) is 15.9. The number of fused-ring (bicyclic) bond motifs is 6. The fraction of sp³-hybridized carbons (Fsp3) is 0.216. The van der Waals surface area contributed by atoms with Crippen molar-refractivity contribution in [2.45, 2.75) is 24.0 Å². The molecule has 14 heteroatoms. The lowest BCUT2D eigenvalue weighted by Gasteiger charge is -2.16. The number of rotatable bonds is 11. The monoisotopic (exact) mass is 696 g/mol. The highest BCUT2D eigenvalue weighted by molar-refractivity contribution is 5.88. The van der Waals surface area contributed by atoms with Crippen LogP contribution in [0.25, 0.3) is 22.3 Å². The highest BCUT2D eigenvalue weighted by Crippen LogP contribution is 2.45. The Labute approximate surface area is 292 Å². The van der Waals surface area contributed by atoms with Crippen molar-refractivity contribution in [3.05, 3.63) is 119 Å². The number of aliphatic hydroxyl groups is 2. The second-order valence-electron chi connectivity index (χ2n) is 11.6. The van der Waals surface area contributed by atoms with Crippen LogP contribution in [0.4, 0.5) is 9.59 Å². The second kappa shape index (κ2) is 16.4. The zero-order valence-corrected chi connectivity index (χ0v) is 27.2. The molecule has 14 nitrogen and oxygen atoms in total. The number of aliphatic carboxylic acids is 1. The van der Waals surface area contributed by atoms with E-state index < -0.39 is 48.8 Å². The van der Waals surface area contributed by atoms with E-state index >= 15 is 0 Å². The van der Waals surface area contributed by atoms with Gasteiger partial charge in [0.25, 0.3) is 5.91 Å². The Balaban J connectivity index is 0.000000205. The van der Waals surface area contributed by atoms with E-state index in [4.69, 9.17) is 25.4 Å². The molecule has 0 unspecified atom stereocenters. The zero-order chi connectivity index (χ0) is 36.5. The molecule has 0 radical (unpaired) electrons. The van der Waals surface area contributed by atoms with Gasteiger partial charge in [0.15, 0.2) is 12.2 Å². The summed E-state index contributed by atoms with van der Waals surface area (Å²) in [5.41, 5.74) is 13.9. The van der Waals surface area contributed by atoms with Crippen LogP contribution in [0.1, 0.15) is 34.1 Å². The molecule has 4 amide bonds. The summed E-state index contributed by atoms with van der Waals surface area (Å²) in [4.78, 5) is 56.2. The average Bonchev–Trinajstić information content (AvgIpc) is 3.64. The molecule has 6 rings (SSSR count). The summed E-state index contributed by atoms with van der Waals surface area (Å²) in [6.07, 6.45) is -5.85. The number of hydrogen-bond donors (Lipinski definition) is 7. The number of hydrogen-bond acceptors (Lipinski definition) is 9. The molecule has 264 valence electrons. The summed E-state index contributed by atoms with van der Waals surface area (Å²) in [6, 6.07) is 31.9. The van der Waals surface area contributed by atoms with Crippen molar-refractivity contribution < 1.29 is 48.8 Å². The van der Waals surface area contributed by atoms with Gasteiger partial charge in [0.1, 0.15) is 13.2 Å². The highest BCUT2D eigenvalue weighted by atomic mass is 16.6. The number of carboxylic acid groups (broad SMARTS) is 1. The van der Waals surface area contributed by atoms with Crippen LogP contribution in [0.2, 0.25) is 0 Å². The van der Waals surface area contributed by atoms with E-state index in [1.165, 1.54) is 11.1 Å². The molecule has 0 heterocycles. The number of benzene rings is 4. The Kier molecular flexibility index (Phi) is 11.6. The van der Waals surface area contributed by atoms with Crippen molar-refractivity contribution in [2.24, 2.45) is 5.73 Å². The molecule has 4 aromatic carbocycles. The summed E-state index contributed by atoms with van der Waals surface area (Å²) in [5, 5.41) is 33.7. The molecule has 2 aliphatic carbocycles. The molecule has 0 aliphatic heterocycles. The molecule has 0 aromatic heterocycles. The van der Waals surface area contributed by atoms with Crippen LogP contribution in [-0.4, -0.2) is 83.9 Å². The third-order valence-electron chi connectivity index (χ3n) is 8.41. The Morgan fingerprint density at radius 3 is 1.33 bits per heavy atom. The molecule has 8 N–H and O–H groups in total. The van der Waals surface area contributed by atoms with E-state index in [0.29, 0.717) is 0 Å². The van der Waals surface area contributed by atoms with Gasteiger partial charge in [0.2, 0.25) is 5.91 Å². The lowest BCUT2D eigenvalue weighted by molar-refractivity contribution is -0.158. The number of alkyl carbamates (subject to hydrolysis) is 2. The maximum atomic E-state index is 11.9. The topological polar surface area (TPSA) is 227 Å². The van der Waals surface area contributed by atoms with Crippen LogP contribution in [0.5, 0.6) is 0 Å². The molecular weight excluding hydrogens is 660 g/mol. The molecule has 2 aliphatic rings. The largest absolute Gasteiger partial charge is 0.479 e. The van der Waals surface area contributed by atoms with Gasteiger partial charge in [-0.15, -0.1) is 0 Å². The molecule has 4 aromatic rings. The summed E-state index contributed by atoms with van der Waals surface area (Å²) < 4.78 is 10.5. The van der Waals surface area contributed by atoms with Crippen molar-refractivity contribution >= 4 is 30.0 Å². The fourth-order valence-electron chi connectivity index (χ4n) is 6.04. The van der Waals surface area contributed by atoms with E-state index in [9.17, 15) is 29.1 Å². The van der Waals surface area contributed by atoms with E-state index in [2.05, 4.69) is 28.1 Å². The quantitative estimate of drug-likeness (QED) is 0.113. The number of ether oxygens (including phenoxy) is 2. The fourth-order valence-corrected chi connectivity index (χ4v) is 6.04. The molecule has 51 heavy (non-hydrogen) atoms. The van der Waals surface area contributed by atoms with Crippen LogP contribution in [0.15, 0.2) is 97.1 Å². The van der Waals surface area contributed by atoms with Crippen molar-refractivity contribution in [1.82, 2.24) is 16.0 Å². The maximum absolute atomic E-state index is 11.9. The minimum absolute atomic E-state index is 0.00623. The van der Waals surface area contributed by atoms with Crippen LogP contribution in [0.3, 0.4) is 0 Å². The number of carbonyl (C=O) groups is 5. The van der Waals surface area contributed by atoms with E-state index in [1.807, 2.05) is 84.9 Å². The summed E-state index contributed by atoms with van der Waals surface area (Å²) in [7, 11) is 0. The Morgan fingerprint density at radius 2 is 0.961 bits per heavy atom. The third-order valence-corrected chi connectivity index (χ3v) is 8.41. The van der Waals surface area contributed by atoms with Crippen LogP contribution in [-0.2, 0) is 23.9 Å². The van der Waals surface area contributed by atoms with Crippen molar-refractivity contribution in [3.63, 3.8) is 0 Å². The number of primary amides is 1. The third kappa shape index (κ3) is 8.49. The predicted octanol–water partition coefficient (Wildman–Crippen LogP) is 2.42. The van der Waals surface area contributed by atoms with Crippen molar-refractivity contribution in [3.8, 4) is 22.3 Å². The maximum Gasteiger partial charge on any atom is 0.408 e. The average molecular weight is 697 g/mol. The van der Waals surface area contributed by atoms with Gasteiger partial charge in [-0.1, -0.05) is 97.1 Å². The van der Waals surface area contributed by atoms with E-state index in [-0.39, 0.29) is 31.6 Å². The first-order valence-corrected chi connectivity index (χ1v) is 15.9. The second-order valence-corrected chi connectivity index (χ2v) is 11.6. The van der Waals surface area contributed by atoms with Gasteiger partial charge in [-0.05, 0) is 44.5 Å². The summed E-state index contributed by atoms with van der Waals surface area (Å²) >= 11 is 0. The van der Waals surface area contributed by atoms with Crippen LogP contribution < -0.4 is 21.7 Å². The predicted molar refractivity (Wildman–Crippen MR) is 183 cm³/mol. The van der Waals surface area contributed by atoms with Crippen molar-refractivity contribution in [2.75, 3.05) is 26.4 Å². The van der Waals surface area contributed by atoms with Crippen LogP contribution >= 0.6 is 0 Å². The van der Waals surface area contributed by atoms with Gasteiger partial charge in [-0.3, -0.25) is 9.59 Å². The number of nitrogens with one attached hydrogen (secondary N) is 3. The SMILES string of the molecule is NC(=O)CNC(=O)OCC1c2ccccc2-c2ccccc21.O=C(NCNC(=O)[C@H](O)[C@@H](O)C(=O)O)OCC1c2ccccc2-c2ccccc21. The van der Waals surface area contributed by atoms with Gasteiger partial charge in [-0.2, -0.15) is 0 Å². The normalized spacial score (nSPS) is 13.5.